The highest BCUT2D eigenvalue weighted by molar-refractivity contribution is 5.82. The molecule has 3 aliphatic rings. The molecule has 1 N–H and O–H groups in total. The third-order valence-electron chi connectivity index (χ3n) is 5.06. The number of carbonyl (C=O) groups excluding carboxylic acids is 1. The maximum Gasteiger partial charge on any atom is 0.224 e. The van der Waals surface area contributed by atoms with E-state index >= 15 is 0 Å². The van der Waals surface area contributed by atoms with Crippen molar-refractivity contribution in [2.45, 2.75) is 25.8 Å². The van der Waals surface area contributed by atoms with E-state index in [1.807, 2.05) is 12.1 Å². The Balaban J connectivity index is 1.37. The highest BCUT2D eigenvalue weighted by Gasteiger charge is 2.67. The lowest BCUT2D eigenvalue weighted by molar-refractivity contribution is -0.123. The minimum Gasteiger partial charge on any atom is -0.467 e. The van der Waals surface area contributed by atoms with Crippen molar-refractivity contribution in [3.05, 3.63) is 24.2 Å². The van der Waals surface area contributed by atoms with Crippen LogP contribution in [0.4, 0.5) is 0 Å². The predicted octanol–water partition coefficient (Wildman–Crippen LogP) is 2.19. The van der Waals surface area contributed by atoms with Crippen molar-refractivity contribution in [1.82, 2.24) is 5.32 Å². The van der Waals surface area contributed by atoms with Crippen molar-refractivity contribution in [3.8, 4) is 0 Å². The minimum absolute atomic E-state index is 0.257. The van der Waals surface area contributed by atoms with E-state index in [1.54, 1.807) is 6.26 Å². The van der Waals surface area contributed by atoms with Gasteiger partial charge in [0.1, 0.15) is 5.76 Å². The Morgan fingerprint density at radius 1 is 1.35 bits per heavy atom. The number of hydrogen-bond donors (Lipinski definition) is 1. The Morgan fingerprint density at radius 3 is 2.76 bits per heavy atom. The van der Waals surface area contributed by atoms with E-state index in [1.165, 1.54) is 19.3 Å². The third-order valence-corrected chi connectivity index (χ3v) is 5.06. The average molecular weight is 231 g/mol. The molecule has 1 heterocycles. The zero-order chi connectivity index (χ0) is 11.4. The summed E-state index contributed by atoms with van der Waals surface area (Å²) in [6.45, 7) is 0.539. The second kappa shape index (κ2) is 3.37. The van der Waals surface area contributed by atoms with Gasteiger partial charge in [0.15, 0.2) is 0 Å². The van der Waals surface area contributed by atoms with Crippen molar-refractivity contribution in [1.29, 1.82) is 0 Å². The molecule has 0 spiro atoms. The van der Waals surface area contributed by atoms with Gasteiger partial charge in [-0.3, -0.25) is 4.79 Å². The van der Waals surface area contributed by atoms with Crippen molar-refractivity contribution in [2.75, 3.05) is 0 Å². The first-order valence-corrected chi connectivity index (χ1v) is 6.64. The van der Waals surface area contributed by atoms with Gasteiger partial charge in [0.25, 0.3) is 0 Å². The molecule has 3 heteroatoms. The van der Waals surface area contributed by atoms with Crippen LogP contribution in [0.1, 0.15) is 25.0 Å². The average Bonchev–Trinajstić information content (AvgIpc) is 2.80. The molecule has 3 nitrogen and oxygen atoms in total. The molecule has 3 fully saturated rings. The van der Waals surface area contributed by atoms with Crippen LogP contribution < -0.4 is 5.32 Å². The summed E-state index contributed by atoms with van der Waals surface area (Å²) in [5.41, 5.74) is 0. The molecule has 1 aromatic rings. The zero-order valence-electron chi connectivity index (χ0n) is 9.76. The number of fused-ring (bicyclic) bond motifs is 5. The van der Waals surface area contributed by atoms with Gasteiger partial charge in [-0.1, -0.05) is 0 Å². The van der Waals surface area contributed by atoms with Crippen LogP contribution in [0, 0.1) is 29.6 Å². The molecule has 0 radical (unpaired) electrons. The molecular weight excluding hydrogens is 214 g/mol. The predicted molar refractivity (Wildman–Crippen MR) is 61.9 cm³/mol. The monoisotopic (exact) mass is 231 g/mol. The van der Waals surface area contributed by atoms with E-state index in [0.717, 1.165) is 29.4 Å². The largest absolute Gasteiger partial charge is 0.467 e. The van der Waals surface area contributed by atoms with Crippen LogP contribution in [-0.4, -0.2) is 5.91 Å². The molecule has 3 aliphatic carbocycles. The fourth-order valence-corrected chi connectivity index (χ4v) is 4.38. The van der Waals surface area contributed by atoms with Gasteiger partial charge in [-0.15, -0.1) is 0 Å². The van der Waals surface area contributed by atoms with Gasteiger partial charge >= 0.3 is 0 Å². The third kappa shape index (κ3) is 1.38. The summed E-state index contributed by atoms with van der Waals surface area (Å²) in [6, 6.07) is 3.76. The van der Waals surface area contributed by atoms with Crippen LogP contribution in [0.25, 0.3) is 0 Å². The molecule has 1 amide bonds. The van der Waals surface area contributed by atoms with Crippen molar-refractivity contribution in [2.24, 2.45) is 29.6 Å². The molecule has 2 bridgehead atoms. The van der Waals surface area contributed by atoms with Crippen LogP contribution in [0.15, 0.2) is 22.8 Å². The molecule has 0 aliphatic heterocycles. The van der Waals surface area contributed by atoms with Crippen molar-refractivity contribution >= 4 is 5.91 Å². The second-order valence-corrected chi connectivity index (χ2v) is 5.81. The van der Waals surface area contributed by atoms with Crippen LogP contribution in [0.3, 0.4) is 0 Å². The molecule has 4 atom stereocenters. The highest BCUT2D eigenvalue weighted by Crippen LogP contribution is 2.69. The molecule has 90 valence electrons. The van der Waals surface area contributed by atoms with E-state index in [0.29, 0.717) is 12.5 Å². The molecule has 0 saturated heterocycles. The maximum absolute atomic E-state index is 12.1. The number of amides is 1. The molecule has 1 aromatic heterocycles. The first-order valence-electron chi connectivity index (χ1n) is 6.64. The number of nitrogens with one attached hydrogen (secondary N) is 1. The summed E-state index contributed by atoms with van der Waals surface area (Å²) < 4.78 is 5.22. The fourth-order valence-electron chi connectivity index (χ4n) is 4.38. The summed E-state index contributed by atoms with van der Waals surface area (Å²) in [4.78, 5) is 12.1. The smallest absolute Gasteiger partial charge is 0.224 e. The summed E-state index contributed by atoms with van der Waals surface area (Å²) >= 11 is 0. The van der Waals surface area contributed by atoms with Gasteiger partial charge in [0.2, 0.25) is 5.91 Å². The summed E-state index contributed by atoms with van der Waals surface area (Å²) in [5, 5.41) is 3.01. The minimum atomic E-state index is 0.257. The van der Waals surface area contributed by atoms with E-state index in [2.05, 4.69) is 5.32 Å². The SMILES string of the molecule is O=C(NCc1ccco1)C1[C@@H]2[C@H]3CC[C@@H](C3)[C@@H]12. The molecule has 3 saturated carbocycles. The maximum atomic E-state index is 12.1. The van der Waals surface area contributed by atoms with Crippen molar-refractivity contribution in [3.63, 3.8) is 0 Å². The van der Waals surface area contributed by atoms with Gasteiger partial charge in [-0.2, -0.15) is 0 Å². The van der Waals surface area contributed by atoms with Crippen LogP contribution in [-0.2, 0) is 11.3 Å². The van der Waals surface area contributed by atoms with Crippen LogP contribution in [0.5, 0.6) is 0 Å². The van der Waals surface area contributed by atoms with E-state index in [9.17, 15) is 4.79 Å². The number of hydrogen-bond acceptors (Lipinski definition) is 2. The van der Waals surface area contributed by atoms with Gasteiger partial charge in [-0.05, 0) is 55.1 Å². The summed E-state index contributed by atoms with van der Waals surface area (Å²) in [7, 11) is 0. The number of rotatable bonds is 3. The Labute approximate surface area is 101 Å². The van der Waals surface area contributed by atoms with E-state index < -0.39 is 0 Å². The van der Waals surface area contributed by atoms with Gasteiger partial charge in [0.05, 0.1) is 12.8 Å². The van der Waals surface area contributed by atoms with Gasteiger partial charge in [0, 0.05) is 5.92 Å². The lowest BCUT2D eigenvalue weighted by Crippen LogP contribution is -2.26. The first kappa shape index (κ1) is 9.75. The van der Waals surface area contributed by atoms with Crippen molar-refractivity contribution < 1.29 is 9.21 Å². The summed E-state index contributed by atoms with van der Waals surface area (Å²) in [6.07, 6.45) is 5.78. The molecule has 17 heavy (non-hydrogen) atoms. The Kier molecular flexibility index (Phi) is 1.93. The quantitative estimate of drug-likeness (QED) is 0.866. The molecular formula is C14H17NO2. The Morgan fingerprint density at radius 2 is 2.12 bits per heavy atom. The standard InChI is InChI=1S/C14H17NO2/c16-14(15-7-10-2-1-5-17-10)13-11-8-3-4-9(6-8)12(11)13/h1-2,5,8-9,11-13H,3-4,6-7H2,(H,15,16)/t8-,9-,11+,12+/m0/s1. The van der Waals surface area contributed by atoms with Gasteiger partial charge in [-0.25, -0.2) is 0 Å². The molecule has 0 unspecified atom stereocenters. The lowest BCUT2D eigenvalue weighted by atomic mass is 10.0. The Bertz CT molecular complexity index is 423. The lowest BCUT2D eigenvalue weighted by Gasteiger charge is -2.08. The topological polar surface area (TPSA) is 42.2 Å². The number of furan rings is 1. The second-order valence-electron chi connectivity index (χ2n) is 5.81. The molecule has 4 rings (SSSR count). The zero-order valence-corrected chi connectivity index (χ0v) is 9.76. The number of carbonyl (C=O) groups is 1. The first-order chi connectivity index (χ1) is 8.34. The van der Waals surface area contributed by atoms with Crippen LogP contribution >= 0.6 is 0 Å². The molecule has 0 aromatic carbocycles. The highest BCUT2D eigenvalue weighted by atomic mass is 16.3. The van der Waals surface area contributed by atoms with E-state index in [-0.39, 0.29) is 5.91 Å². The summed E-state index contributed by atoms with van der Waals surface area (Å²) in [5.74, 6) is 4.61. The Hall–Kier alpha value is -1.25. The van der Waals surface area contributed by atoms with E-state index in [4.69, 9.17) is 4.42 Å². The van der Waals surface area contributed by atoms with Gasteiger partial charge < -0.3 is 9.73 Å². The fraction of sp³-hybridized carbons (Fsp3) is 0.643. The normalized spacial score (nSPS) is 41.3. The van der Waals surface area contributed by atoms with Crippen LogP contribution in [0.2, 0.25) is 0 Å².